The van der Waals surface area contributed by atoms with E-state index in [2.05, 4.69) is 42.7 Å². The Balaban J connectivity index is 1.42. The molecule has 3 amide bonds. The van der Waals surface area contributed by atoms with Crippen LogP contribution in [0.4, 0.5) is 10.5 Å². The molecule has 0 bridgehead atoms. The van der Waals surface area contributed by atoms with Crippen LogP contribution in [-0.2, 0) is 11.2 Å². The number of hydrogen-bond acceptors (Lipinski definition) is 2. The largest absolute Gasteiger partial charge is 0.356 e. The number of para-hydroxylation sites is 1. The van der Waals surface area contributed by atoms with Crippen molar-refractivity contribution in [3.63, 3.8) is 0 Å². The number of aryl methyl sites for hydroxylation is 3. The van der Waals surface area contributed by atoms with Gasteiger partial charge in [0.1, 0.15) is 0 Å². The van der Waals surface area contributed by atoms with Crippen LogP contribution in [0.1, 0.15) is 36.0 Å². The van der Waals surface area contributed by atoms with Gasteiger partial charge in [-0.25, -0.2) is 4.79 Å². The lowest BCUT2D eigenvalue weighted by Gasteiger charge is -2.32. The van der Waals surface area contributed by atoms with Crippen LogP contribution in [0.5, 0.6) is 0 Å². The molecular formula is C24H31N3O2. The average molecular weight is 394 g/mol. The van der Waals surface area contributed by atoms with E-state index >= 15 is 0 Å². The molecule has 0 spiro atoms. The van der Waals surface area contributed by atoms with Gasteiger partial charge in [0, 0.05) is 25.3 Å². The fourth-order valence-corrected chi connectivity index (χ4v) is 3.86. The van der Waals surface area contributed by atoms with Crippen LogP contribution in [0.2, 0.25) is 0 Å². The van der Waals surface area contributed by atoms with Crippen molar-refractivity contribution in [2.75, 3.05) is 25.0 Å². The number of benzene rings is 2. The molecule has 5 nitrogen and oxygen atoms in total. The second-order valence-electron chi connectivity index (χ2n) is 7.91. The molecule has 2 aromatic carbocycles. The van der Waals surface area contributed by atoms with Crippen LogP contribution in [0, 0.1) is 19.8 Å². The maximum Gasteiger partial charge on any atom is 0.321 e. The van der Waals surface area contributed by atoms with Crippen LogP contribution in [0.25, 0.3) is 0 Å². The van der Waals surface area contributed by atoms with Crippen LogP contribution in [-0.4, -0.2) is 36.5 Å². The Morgan fingerprint density at radius 3 is 2.66 bits per heavy atom. The molecule has 2 N–H and O–H groups in total. The van der Waals surface area contributed by atoms with Gasteiger partial charge in [-0.15, -0.1) is 0 Å². The molecule has 1 heterocycles. The highest BCUT2D eigenvalue weighted by Gasteiger charge is 2.28. The van der Waals surface area contributed by atoms with Crippen molar-refractivity contribution < 1.29 is 9.59 Å². The van der Waals surface area contributed by atoms with E-state index in [-0.39, 0.29) is 17.9 Å². The second kappa shape index (κ2) is 10.1. The number of piperidine rings is 1. The molecule has 2 aromatic rings. The van der Waals surface area contributed by atoms with Crippen LogP contribution in [0.15, 0.2) is 48.5 Å². The number of rotatable bonds is 6. The summed E-state index contributed by atoms with van der Waals surface area (Å²) in [6.07, 6.45) is 3.56. The molecule has 0 saturated carbocycles. The second-order valence-corrected chi connectivity index (χ2v) is 7.91. The van der Waals surface area contributed by atoms with Gasteiger partial charge >= 0.3 is 6.03 Å². The number of carbonyl (C=O) groups excluding carboxylic acids is 2. The maximum absolute atomic E-state index is 12.6. The van der Waals surface area contributed by atoms with Crippen molar-refractivity contribution in [3.8, 4) is 0 Å². The van der Waals surface area contributed by atoms with Crippen LogP contribution >= 0.6 is 0 Å². The van der Waals surface area contributed by atoms with Crippen LogP contribution < -0.4 is 10.6 Å². The Kier molecular flexibility index (Phi) is 7.28. The Labute approximate surface area is 173 Å². The zero-order valence-corrected chi connectivity index (χ0v) is 17.4. The highest BCUT2D eigenvalue weighted by atomic mass is 16.2. The van der Waals surface area contributed by atoms with E-state index < -0.39 is 0 Å². The van der Waals surface area contributed by atoms with Gasteiger partial charge in [-0.3, -0.25) is 4.79 Å². The van der Waals surface area contributed by atoms with Crippen molar-refractivity contribution in [2.45, 2.75) is 39.5 Å². The highest BCUT2D eigenvalue weighted by molar-refractivity contribution is 5.90. The Bertz CT molecular complexity index is 835. The molecule has 0 aromatic heterocycles. The summed E-state index contributed by atoms with van der Waals surface area (Å²) in [5, 5.41) is 5.97. The third-order valence-electron chi connectivity index (χ3n) is 5.52. The molecule has 29 heavy (non-hydrogen) atoms. The molecule has 154 valence electrons. The van der Waals surface area contributed by atoms with Gasteiger partial charge in [0.05, 0.1) is 5.92 Å². The molecule has 0 unspecified atom stereocenters. The number of nitrogens with zero attached hydrogens (tertiary/aromatic N) is 1. The summed E-state index contributed by atoms with van der Waals surface area (Å²) in [7, 11) is 0. The van der Waals surface area contributed by atoms with Gasteiger partial charge in [0.15, 0.2) is 0 Å². The summed E-state index contributed by atoms with van der Waals surface area (Å²) < 4.78 is 0. The van der Waals surface area contributed by atoms with Gasteiger partial charge in [-0.2, -0.15) is 0 Å². The molecule has 0 aliphatic carbocycles. The summed E-state index contributed by atoms with van der Waals surface area (Å²) in [5.41, 5.74) is 4.70. The quantitative estimate of drug-likeness (QED) is 0.719. The molecule has 1 fully saturated rings. The summed E-state index contributed by atoms with van der Waals surface area (Å²) in [5.74, 6) is -0.0748. The summed E-state index contributed by atoms with van der Waals surface area (Å²) in [6, 6.07) is 15.8. The van der Waals surface area contributed by atoms with Crippen LogP contribution in [0.3, 0.4) is 0 Å². The van der Waals surface area contributed by atoms with Crippen molar-refractivity contribution >= 4 is 17.6 Å². The monoisotopic (exact) mass is 393 g/mol. The van der Waals surface area contributed by atoms with Gasteiger partial charge in [0.25, 0.3) is 0 Å². The highest BCUT2D eigenvalue weighted by Crippen LogP contribution is 2.18. The standard InChI is InChI=1S/C24H31N3O2/c1-18-12-13-20(19(2)16-18)8-6-14-25-23(28)21-9-7-15-27(17-21)24(29)26-22-10-4-3-5-11-22/h3-5,10-13,16,21H,6-9,14-15,17H2,1-2H3,(H,25,28)(H,26,29)/t21-/m0/s1. The van der Waals surface area contributed by atoms with E-state index in [1.54, 1.807) is 4.90 Å². The Morgan fingerprint density at radius 2 is 1.90 bits per heavy atom. The van der Waals surface area contributed by atoms with E-state index in [1.807, 2.05) is 30.3 Å². The first-order valence-electron chi connectivity index (χ1n) is 10.5. The third-order valence-corrected chi connectivity index (χ3v) is 5.52. The minimum absolute atomic E-state index is 0.0582. The smallest absolute Gasteiger partial charge is 0.321 e. The fraction of sp³-hybridized carbons (Fsp3) is 0.417. The maximum atomic E-state index is 12.6. The first-order chi connectivity index (χ1) is 14.0. The Hall–Kier alpha value is -2.82. The molecule has 1 atom stereocenters. The first kappa shape index (κ1) is 20.9. The molecule has 1 aliphatic heterocycles. The SMILES string of the molecule is Cc1ccc(CCCNC(=O)[C@H]2CCCN(C(=O)Nc3ccccc3)C2)c(C)c1. The zero-order chi connectivity index (χ0) is 20.6. The van der Waals surface area contributed by atoms with Crippen molar-refractivity contribution in [3.05, 3.63) is 65.2 Å². The van der Waals surface area contributed by atoms with E-state index in [0.717, 1.165) is 31.4 Å². The van der Waals surface area contributed by atoms with Gasteiger partial charge < -0.3 is 15.5 Å². The fourth-order valence-electron chi connectivity index (χ4n) is 3.86. The Morgan fingerprint density at radius 1 is 1.10 bits per heavy atom. The third kappa shape index (κ3) is 6.08. The predicted molar refractivity (Wildman–Crippen MR) is 117 cm³/mol. The van der Waals surface area contributed by atoms with Crippen molar-refractivity contribution in [1.29, 1.82) is 0 Å². The molecule has 5 heteroatoms. The minimum Gasteiger partial charge on any atom is -0.356 e. The lowest BCUT2D eigenvalue weighted by molar-refractivity contribution is -0.126. The van der Waals surface area contributed by atoms with Gasteiger partial charge in [0.2, 0.25) is 5.91 Å². The summed E-state index contributed by atoms with van der Waals surface area (Å²) in [4.78, 5) is 26.8. The number of nitrogens with one attached hydrogen (secondary N) is 2. The van der Waals surface area contributed by atoms with Crippen molar-refractivity contribution in [1.82, 2.24) is 10.2 Å². The van der Waals surface area contributed by atoms with E-state index in [4.69, 9.17) is 0 Å². The predicted octanol–water partition coefficient (Wildman–Crippen LogP) is 4.30. The average Bonchev–Trinajstić information content (AvgIpc) is 2.73. The number of amides is 3. The summed E-state index contributed by atoms with van der Waals surface area (Å²) in [6.45, 7) is 6.07. The number of hydrogen-bond donors (Lipinski definition) is 2. The molecule has 1 saturated heterocycles. The van der Waals surface area contributed by atoms with E-state index in [9.17, 15) is 9.59 Å². The number of likely N-dealkylation sites (tertiary alicyclic amines) is 1. The summed E-state index contributed by atoms with van der Waals surface area (Å²) >= 11 is 0. The number of urea groups is 1. The normalized spacial score (nSPS) is 16.3. The van der Waals surface area contributed by atoms with E-state index in [1.165, 1.54) is 16.7 Å². The molecular weight excluding hydrogens is 362 g/mol. The topological polar surface area (TPSA) is 61.4 Å². The minimum atomic E-state index is -0.136. The van der Waals surface area contributed by atoms with Crippen molar-refractivity contribution in [2.24, 2.45) is 5.92 Å². The van der Waals surface area contributed by atoms with Gasteiger partial charge in [-0.05, 0) is 62.8 Å². The van der Waals surface area contributed by atoms with Gasteiger partial charge in [-0.1, -0.05) is 42.0 Å². The molecule has 3 rings (SSSR count). The number of carbonyl (C=O) groups is 2. The lowest BCUT2D eigenvalue weighted by atomic mass is 9.97. The van der Waals surface area contributed by atoms with E-state index in [0.29, 0.717) is 19.6 Å². The lowest BCUT2D eigenvalue weighted by Crippen LogP contribution is -2.47. The first-order valence-corrected chi connectivity index (χ1v) is 10.5. The zero-order valence-electron chi connectivity index (χ0n) is 17.4. The molecule has 1 aliphatic rings. The number of anilines is 1. The molecule has 0 radical (unpaired) electrons.